The van der Waals surface area contributed by atoms with Crippen molar-refractivity contribution in [3.05, 3.63) is 53.4 Å². The Kier molecular flexibility index (Phi) is 7.28. The van der Waals surface area contributed by atoms with Gasteiger partial charge in [-0.1, -0.05) is 43.2 Å². The molecule has 1 aromatic heterocycles. The summed E-state index contributed by atoms with van der Waals surface area (Å²) in [7, 11) is 0. The van der Waals surface area contributed by atoms with Crippen molar-refractivity contribution in [1.82, 2.24) is 4.98 Å². The highest BCUT2D eigenvalue weighted by Crippen LogP contribution is 2.21. The third-order valence-corrected chi connectivity index (χ3v) is 3.64. The number of nitrogens with zero attached hydrogens (tertiary/aromatic N) is 1. The first kappa shape index (κ1) is 16.7. The summed E-state index contributed by atoms with van der Waals surface area (Å²) in [6.07, 6.45) is 12.0. The van der Waals surface area contributed by atoms with Crippen LogP contribution < -0.4 is 0 Å². The Labute approximate surface area is 124 Å². The van der Waals surface area contributed by atoms with E-state index in [1.807, 2.05) is 18.5 Å². The molecule has 0 saturated carbocycles. The molecule has 20 heavy (non-hydrogen) atoms. The molecule has 1 atom stereocenters. The van der Waals surface area contributed by atoms with Crippen molar-refractivity contribution in [3.63, 3.8) is 0 Å². The van der Waals surface area contributed by atoms with Crippen LogP contribution in [0.1, 0.15) is 53.0 Å². The molecule has 0 aliphatic carbocycles. The van der Waals surface area contributed by atoms with E-state index in [1.54, 1.807) is 0 Å². The molecule has 0 N–H and O–H groups in total. The molecule has 1 aromatic rings. The molecular weight excluding hydrogens is 242 g/mol. The van der Waals surface area contributed by atoms with Gasteiger partial charge in [0.25, 0.3) is 0 Å². The lowest BCUT2D eigenvalue weighted by Gasteiger charge is -2.18. The van der Waals surface area contributed by atoms with Gasteiger partial charge in [0.2, 0.25) is 0 Å². The maximum atomic E-state index is 4.22. The van der Waals surface area contributed by atoms with Crippen LogP contribution in [0.3, 0.4) is 0 Å². The van der Waals surface area contributed by atoms with Crippen LogP contribution >= 0.6 is 0 Å². The Morgan fingerprint density at radius 1 is 1.25 bits per heavy atom. The van der Waals surface area contributed by atoms with Crippen molar-refractivity contribution in [1.29, 1.82) is 0 Å². The summed E-state index contributed by atoms with van der Waals surface area (Å²) in [6, 6.07) is 4.20. The van der Waals surface area contributed by atoms with E-state index in [2.05, 4.69) is 57.8 Å². The van der Waals surface area contributed by atoms with E-state index in [1.165, 1.54) is 23.1 Å². The van der Waals surface area contributed by atoms with Crippen molar-refractivity contribution in [2.75, 3.05) is 0 Å². The van der Waals surface area contributed by atoms with Crippen LogP contribution in [0.4, 0.5) is 0 Å². The topological polar surface area (TPSA) is 12.9 Å². The zero-order chi connectivity index (χ0) is 15.0. The van der Waals surface area contributed by atoms with Gasteiger partial charge in [0.1, 0.15) is 0 Å². The van der Waals surface area contributed by atoms with Gasteiger partial charge in [-0.2, -0.15) is 0 Å². The SMILES string of the molecule is CC(C)=CCC/C(C)=C/C(Cc1cccnc1)C(C)C. The van der Waals surface area contributed by atoms with Gasteiger partial charge in [-0.05, 0) is 63.5 Å². The van der Waals surface area contributed by atoms with Crippen LogP contribution in [0.25, 0.3) is 0 Å². The number of aromatic nitrogens is 1. The van der Waals surface area contributed by atoms with Crippen molar-refractivity contribution in [2.45, 2.75) is 53.9 Å². The summed E-state index contributed by atoms with van der Waals surface area (Å²) < 4.78 is 0. The fraction of sp³-hybridized carbons (Fsp3) is 0.526. The number of rotatable bonds is 7. The maximum absolute atomic E-state index is 4.22. The Hall–Kier alpha value is -1.37. The summed E-state index contributed by atoms with van der Waals surface area (Å²) >= 11 is 0. The molecule has 110 valence electrons. The molecular formula is C19H29N. The van der Waals surface area contributed by atoms with Gasteiger partial charge < -0.3 is 0 Å². The molecule has 1 heteroatoms. The average Bonchev–Trinajstić information content (AvgIpc) is 2.38. The number of hydrogen-bond donors (Lipinski definition) is 0. The first-order chi connectivity index (χ1) is 9.49. The summed E-state index contributed by atoms with van der Waals surface area (Å²) in [5, 5.41) is 0. The lowest BCUT2D eigenvalue weighted by atomic mass is 9.87. The van der Waals surface area contributed by atoms with E-state index in [0.717, 1.165) is 12.8 Å². The second kappa shape index (κ2) is 8.73. The fourth-order valence-corrected chi connectivity index (χ4v) is 2.32. The molecule has 1 nitrogen and oxygen atoms in total. The van der Waals surface area contributed by atoms with Crippen LogP contribution in [0.5, 0.6) is 0 Å². The molecule has 0 aromatic carbocycles. The van der Waals surface area contributed by atoms with Crippen LogP contribution in [0.2, 0.25) is 0 Å². The minimum Gasteiger partial charge on any atom is -0.264 e. The molecule has 0 aliphatic rings. The van der Waals surface area contributed by atoms with E-state index in [9.17, 15) is 0 Å². The van der Waals surface area contributed by atoms with E-state index in [4.69, 9.17) is 0 Å². The van der Waals surface area contributed by atoms with E-state index in [-0.39, 0.29) is 0 Å². The minimum absolute atomic E-state index is 0.603. The lowest BCUT2D eigenvalue weighted by Crippen LogP contribution is -2.10. The van der Waals surface area contributed by atoms with Crippen molar-refractivity contribution >= 4 is 0 Å². The normalized spacial score (nSPS) is 13.4. The third-order valence-electron chi connectivity index (χ3n) is 3.64. The van der Waals surface area contributed by atoms with Crippen LogP contribution in [0.15, 0.2) is 47.8 Å². The Balaban J connectivity index is 2.64. The monoisotopic (exact) mass is 271 g/mol. The second-order valence-electron chi connectivity index (χ2n) is 6.31. The average molecular weight is 271 g/mol. The van der Waals surface area contributed by atoms with Gasteiger partial charge >= 0.3 is 0 Å². The molecule has 0 saturated heterocycles. The van der Waals surface area contributed by atoms with Crippen molar-refractivity contribution in [3.8, 4) is 0 Å². The Morgan fingerprint density at radius 2 is 2.00 bits per heavy atom. The molecule has 0 aliphatic heterocycles. The number of allylic oxidation sites excluding steroid dienone is 4. The maximum Gasteiger partial charge on any atom is 0.0300 e. The molecule has 1 unspecified atom stereocenters. The minimum atomic E-state index is 0.603. The zero-order valence-corrected chi connectivity index (χ0v) is 13.7. The highest BCUT2D eigenvalue weighted by Gasteiger charge is 2.11. The smallest absolute Gasteiger partial charge is 0.0300 e. The number of hydrogen-bond acceptors (Lipinski definition) is 1. The molecule has 0 radical (unpaired) electrons. The lowest BCUT2D eigenvalue weighted by molar-refractivity contribution is 0.459. The third kappa shape index (κ3) is 6.70. The Morgan fingerprint density at radius 3 is 2.55 bits per heavy atom. The zero-order valence-electron chi connectivity index (χ0n) is 13.7. The Bertz CT molecular complexity index is 436. The van der Waals surface area contributed by atoms with E-state index < -0.39 is 0 Å². The van der Waals surface area contributed by atoms with Gasteiger partial charge in [0.05, 0.1) is 0 Å². The van der Waals surface area contributed by atoms with Gasteiger partial charge in [0, 0.05) is 12.4 Å². The van der Waals surface area contributed by atoms with Crippen molar-refractivity contribution in [2.24, 2.45) is 11.8 Å². The molecule has 0 bridgehead atoms. The van der Waals surface area contributed by atoms with Gasteiger partial charge in [0.15, 0.2) is 0 Å². The van der Waals surface area contributed by atoms with Gasteiger partial charge in [-0.3, -0.25) is 4.98 Å². The second-order valence-corrected chi connectivity index (χ2v) is 6.31. The first-order valence-electron chi connectivity index (χ1n) is 7.68. The van der Waals surface area contributed by atoms with Crippen LogP contribution in [-0.4, -0.2) is 4.98 Å². The number of pyridine rings is 1. The predicted octanol–water partition coefficient (Wildman–Crippen LogP) is 5.59. The summed E-state index contributed by atoms with van der Waals surface area (Å²) in [5.41, 5.74) is 4.25. The summed E-state index contributed by atoms with van der Waals surface area (Å²) in [4.78, 5) is 4.22. The molecule has 1 heterocycles. The standard InChI is InChI=1S/C19H29N/c1-15(2)8-6-9-17(5)12-19(16(3)4)13-18-10-7-11-20-14-18/h7-8,10-12,14,16,19H,6,9,13H2,1-5H3/b17-12+. The van der Waals surface area contributed by atoms with Crippen LogP contribution in [-0.2, 0) is 6.42 Å². The van der Waals surface area contributed by atoms with E-state index >= 15 is 0 Å². The van der Waals surface area contributed by atoms with Gasteiger partial charge in [-0.25, -0.2) is 0 Å². The summed E-state index contributed by atoms with van der Waals surface area (Å²) in [6.45, 7) is 11.2. The molecule has 1 rings (SSSR count). The summed E-state index contributed by atoms with van der Waals surface area (Å²) in [5.74, 6) is 1.26. The van der Waals surface area contributed by atoms with Gasteiger partial charge in [-0.15, -0.1) is 0 Å². The predicted molar refractivity (Wildman–Crippen MR) is 88.7 cm³/mol. The van der Waals surface area contributed by atoms with Crippen molar-refractivity contribution < 1.29 is 0 Å². The molecule has 0 fully saturated rings. The highest BCUT2D eigenvalue weighted by molar-refractivity contribution is 5.13. The highest BCUT2D eigenvalue weighted by atomic mass is 14.6. The molecule has 0 amide bonds. The first-order valence-corrected chi connectivity index (χ1v) is 7.68. The van der Waals surface area contributed by atoms with E-state index in [0.29, 0.717) is 11.8 Å². The van der Waals surface area contributed by atoms with Crippen LogP contribution in [0, 0.1) is 11.8 Å². The molecule has 0 spiro atoms. The quantitative estimate of drug-likeness (QED) is 0.589. The largest absolute Gasteiger partial charge is 0.264 e. The fourth-order valence-electron chi connectivity index (χ4n) is 2.32.